The number of hydrogen-bond acceptors (Lipinski definition) is 8. The van der Waals surface area contributed by atoms with Crippen molar-refractivity contribution >= 4 is 5.69 Å². The van der Waals surface area contributed by atoms with Gasteiger partial charge in [0.1, 0.15) is 17.1 Å². The fraction of sp³-hybridized carbons (Fsp3) is 0.387. The van der Waals surface area contributed by atoms with Gasteiger partial charge < -0.3 is 19.5 Å². The molecular weight excluding hydrogens is 577 g/mol. The van der Waals surface area contributed by atoms with Crippen LogP contribution in [0.15, 0.2) is 65.6 Å². The molecule has 10 nitrogen and oxygen atoms in total. The van der Waals surface area contributed by atoms with Crippen molar-refractivity contribution in [1.82, 2.24) is 24.5 Å². The highest BCUT2D eigenvalue weighted by molar-refractivity contribution is 5.50. The Hall–Kier alpha value is -4.36. The quantitative estimate of drug-likeness (QED) is 0.248. The second-order valence-corrected chi connectivity index (χ2v) is 10.2. The number of alkyl halides is 3. The fourth-order valence-electron chi connectivity index (χ4n) is 4.67. The largest absolute Gasteiger partial charge is 0.497 e. The highest BCUT2D eigenvalue weighted by Crippen LogP contribution is 2.32. The maximum Gasteiger partial charge on any atom is 0.423 e. The SMILES string of the molecule is [2H]C([2H])(OC[C@H](C)Nc1cnn(Cc2ccc(OC)cc2)c(=O)c1C(F)(F)F)c1cc2n(n1)CCN(Cc1ccc(OC)cc1)C2([2H])[2H]. The van der Waals surface area contributed by atoms with E-state index in [-0.39, 0.29) is 17.9 Å². The van der Waals surface area contributed by atoms with E-state index in [1.54, 1.807) is 48.4 Å². The van der Waals surface area contributed by atoms with Crippen LogP contribution in [0.25, 0.3) is 0 Å². The van der Waals surface area contributed by atoms with Gasteiger partial charge in [0.25, 0.3) is 5.56 Å². The summed E-state index contributed by atoms with van der Waals surface area (Å²) in [5, 5.41) is 10.8. The van der Waals surface area contributed by atoms with Crippen molar-refractivity contribution in [3.05, 3.63) is 99.2 Å². The lowest BCUT2D eigenvalue weighted by Gasteiger charge is -2.27. The van der Waals surface area contributed by atoms with Crippen LogP contribution in [-0.4, -0.2) is 57.9 Å². The zero-order chi connectivity index (χ0) is 34.9. The second-order valence-electron chi connectivity index (χ2n) is 10.2. The second kappa shape index (κ2) is 13.5. The predicted octanol–water partition coefficient (Wildman–Crippen LogP) is 4.56. The summed E-state index contributed by atoms with van der Waals surface area (Å²) in [5.74, 6) is 1.23. The number of fused-ring (bicyclic) bond motifs is 1. The van der Waals surface area contributed by atoms with Crippen LogP contribution in [0.2, 0.25) is 0 Å². The highest BCUT2D eigenvalue weighted by atomic mass is 19.4. The third kappa shape index (κ3) is 7.58. The van der Waals surface area contributed by atoms with Crippen molar-refractivity contribution in [2.24, 2.45) is 0 Å². The van der Waals surface area contributed by atoms with Crippen LogP contribution in [0.5, 0.6) is 11.5 Å². The van der Waals surface area contributed by atoms with Crippen LogP contribution in [-0.2, 0) is 43.6 Å². The monoisotopic (exact) mass is 616 g/mol. The molecule has 2 aromatic heterocycles. The van der Waals surface area contributed by atoms with Gasteiger partial charge in [-0.05, 0) is 48.4 Å². The number of rotatable bonds is 12. The van der Waals surface area contributed by atoms with Crippen LogP contribution in [0.3, 0.4) is 0 Å². The Labute approximate surface area is 258 Å². The molecule has 1 N–H and O–H groups in total. The van der Waals surface area contributed by atoms with E-state index in [0.717, 1.165) is 11.8 Å². The molecule has 2 aromatic carbocycles. The topological polar surface area (TPSA) is 95.7 Å². The third-order valence-electron chi connectivity index (χ3n) is 6.90. The van der Waals surface area contributed by atoms with E-state index in [2.05, 4.69) is 15.5 Å². The average Bonchev–Trinajstić information content (AvgIpc) is 3.50. The van der Waals surface area contributed by atoms with Gasteiger partial charge in [-0.25, -0.2) is 4.68 Å². The highest BCUT2D eigenvalue weighted by Gasteiger charge is 2.38. The van der Waals surface area contributed by atoms with Gasteiger partial charge in [0.15, 0.2) is 0 Å². The molecule has 0 amide bonds. The van der Waals surface area contributed by atoms with Crippen LogP contribution in [0, 0.1) is 0 Å². The standard InChI is InChI=1S/C31H35F3N6O4/c1-21(36-28-15-35-40(30(41)29(28)31(32,33)34)17-23-6-10-27(43-3)11-7-23)19-44-20-24-14-25-18-38(12-13-39(25)37-24)16-22-4-8-26(42-2)9-5-22/h4-11,14-15,21,36H,12-13,16-20H2,1-3H3/t21-/m0/s1/i18D2,20D2. The van der Waals surface area contributed by atoms with Gasteiger partial charge in [-0.1, -0.05) is 24.3 Å². The van der Waals surface area contributed by atoms with Crippen molar-refractivity contribution in [2.75, 3.05) is 32.7 Å². The van der Waals surface area contributed by atoms with Gasteiger partial charge in [0, 0.05) is 28.4 Å². The minimum absolute atomic E-state index is 0.145. The number of nitrogens with zero attached hydrogens (tertiary/aromatic N) is 5. The molecule has 4 aromatic rings. The molecule has 0 unspecified atom stereocenters. The molecule has 0 saturated carbocycles. The molecule has 44 heavy (non-hydrogen) atoms. The first-order valence-corrected chi connectivity index (χ1v) is 13.8. The molecule has 0 radical (unpaired) electrons. The summed E-state index contributed by atoms with van der Waals surface area (Å²) < 4.78 is 94.7. The van der Waals surface area contributed by atoms with Crippen molar-refractivity contribution in [3.63, 3.8) is 0 Å². The molecule has 1 aliphatic rings. The van der Waals surface area contributed by atoms with Crippen molar-refractivity contribution < 1.29 is 32.9 Å². The minimum atomic E-state index is -5.00. The van der Waals surface area contributed by atoms with E-state index in [1.807, 2.05) is 12.1 Å². The van der Waals surface area contributed by atoms with E-state index >= 15 is 0 Å². The molecule has 0 fully saturated rings. The summed E-state index contributed by atoms with van der Waals surface area (Å²) in [4.78, 5) is 14.5. The van der Waals surface area contributed by atoms with Gasteiger partial charge in [0.05, 0.1) is 66.5 Å². The Morgan fingerprint density at radius 2 is 1.66 bits per heavy atom. The molecule has 0 aliphatic carbocycles. The molecule has 5 rings (SSSR count). The zero-order valence-electron chi connectivity index (χ0n) is 28.4. The summed E-state index contributed by atoms with van der Waals surface area (Å²) >= 11 is 0. The van der Waals surface area contributed by atoms with E-state index < -0.39 is 48.7 Å². The summed E-state index contributed by atoms with van der Waals surface area (Å²) in [5.41, 5.74) is -1.98. The smallest absolute Gasteiger partial charge is 0.423 e. The average molecular weight is 617 g/mol. The number of methoxy groups -OCH3 is 2. The van der Waals surface area contributed by atoms with E-state index in [4.69, 9.17) is 19.7 Å². The number of anilines is 1. The Kier molecular flexibility index (Phi) is 8.01. The number of nitrogens with one attached hydrogen (secondary N) is 1. The lowest BCUT2D eigenvalue weighted by molar-refractivity contribution is -0.138. The number of ether oxygens (including phenoxy) is 3. The molecular formula is C31H35F3N6O4. The molecule has 13 heteroatoms. The summed E-state index contributed by atoms with van der Waals surface area (Å²) in [7, 11) is 3.04. The van der Waals surface area contributed by atoms with Gasteiger partial charge in [-0.3, -0.25) is 14.4 Å². The molecule has 0 spiro atoms. The third-order valence-corrected chi connectivity index (χ3v) is 6.90. The molecule has 1 atom stereocenters. The first-order chi connectivity index (χ1) is 22.6. The van der Waals surface area contributed by atoms with Crippen molar-refractivity contribution in [3.8, 4) is 11.5 Å². The Morgan fingerprint density at radius 3 is 2.27 bits per heavy atom. The summed E-state index contributed by atoms with van der Waals surface area (Å²) in [6, 6.07) is 14.1. The molecule has 0 bridgehead atoms. The lowest BCUT2D eigenvalue weighted by atomic mass is 10.2. The Bertz CT molecular complexity index is 1780. The lowest BCUT2D eigenvalue weighted by Crippen LogP contribution is -2.34. The van der Waals surface area contributed by atoms with Crippen LogP contribution >= 0.6 is 0 Å². The summed E-state index contributed by atoms with van der Waals surface area (Å²) in [6.45, 7) is -2.73. The van der Waals surface area contributed by atoms with E-state index in [1.165, 1.54) is 24.8 Å². The summed E-state index contributed by atoms with van der Waals surface area (Å²) in [6.07, 6.45) is -4.10. The maximum absolute atomic E-state index is 14.1. The van der Waals surface area contributed by atoms with Gasteiger partial charge in [-0.2, -0.15) is 23.4 Å². The van der Waals surface area contributed by atoms with Gasteiger partial charge >= 0.3 is 6.18 Å². The van der Waals surface area contributed by atoms with Crippen LogP contribution in [0.4, 0.5) is 18.9 Å². The molecule has 1 aliphatic heterocycles. The minimum Gasteiger partial charge on any atom is -0.497 e. The number of aromatic nitrogens is 4. The Morgan fingerprint density at radius 1 is 1.02 bits per heavy atom. The van der Waals surface area contributed by atoms with E-state index in [9.17, 15) is 18.0 Å². The van der Waals surface area contributed by atoms with E-state index in [0.29, 0.717) is 41.4 Å². The Balaban J connectivity index is 1.26. The van der Waals surface area contributed by atoms with Gasteiger partial charge in [0.2, 0.25) is 0 Å². The number of benzene rings is 2. The first kappa shape index (κ1) is 26.1. The zero-order valence-corrected chi connectivity index (χ0v) is 24.4. The van der Waals surface area contributed by atoms with Crippen LogP contribution in [0.1, 0.15) is 40.5 Å². The first-order valence-electron chi connectivity index (χ1n) is 15.8. The normalized spacial score (nSPS) is 17.0. The number of halogens is 3. The maximum atomic E-state index is 14.1. The molecule has 0 saturated heterocycles. The molecule has 234 valence electrons. The number of hydrogen-bond donors (Lipinski definition) is 1. The van der Waals surface area contributed by atoms with Gasteiger partial charge in [-0.15, -0.1) is 0 Å². The fourth-order valence-corrected chi connectivity index (χ4v) is 4.67. The van der Waals surface area contributed by atoms with Crippen LogP contribution < -0.4 is 20.3 Å². The van der Waals surface area contributed by atoms with Crippen molar-refractivity contribution in [1.29, 1.82) is 0 Å². The molecule has 3 heterocycles. The van der Waals surface area contributed by atoms with Crippen molar-refractivity contribution in [2.45, 2.75) is 51.8 Å². The predicted molar refractivity (Wildman–Crippen MR) is 158 cm³/mol.